The van der Waals surface area contributed by atoms with E-state index >= 15 is 0 Å². The molecule has 0 bridgehead atoms. The Bertz CT molecular complexity index is 1050. The summed E-state index contributed by atoms with van der Waals surface area (Å²) in [6.07, 6.45) is 3.59. The van der Waals surface area contributed by atoms with Gasteiger partial charge < -0.3 is 15.2 Å². The van der Waals surface area contributed by atoms with Gasteiger partial charge in [0, 0.05) is 30.0 Å². The summed E-state index contributed by atoms with van der Waals surface area (Å²) < 4.78 is 10.8. The first-order valence-electron chi connectivity index (χ1n) is 9.57. The van der Waals surface area contributed by atoms with Gasteiger partial charge in [-0.1, -0.05) is 0 Å². The van der Waals surface area contributed by atoms with Crippen LogP contribution in [0.4, 0.5) is 0 Å². The Kier molecular flexibility index (Phi) is 4.69. The number of nitrogens with two attached hydrogens (primary N) is 1. The molecule has 0 spiro atoms. The van der Waals surface area contributed by atoms with E-state index in [4.69, 9.17) is 20.2 Å². The number of fused-ring (bicyclic) bond motifs is 1. The Hall–Kier alpha value is -2.91. The Balaban J connectivity index is 1.28. The molecule has 1 aromatic carbocycles. The molecule has 29 heavy (non-hydrogen) atoms. The van der Waals surface area contributed by atoms with E-state index in [0.29, 0.717) is 5.56 Å². The van der Waals surface area contributed by atoms with E-state index in [1.807, 2.05) is 18.2 Å². The third kappa shape index (κ3) is 3.58. The van der Waals surface area contributed by atoms with Crippen LogP contribution in [-0.2, 0) is 6.54 Å². The lowest BCUT2D eigenvalue weighted by Gasteiger charge is -2.32. The van der Waals surface area contributed by atoms with Gasteiger partial charge in [0.05, 0.1) is 23.1 Å². The summed E-state index contributed by atoms with van der Waals surface area (Å²) in [5.41, 5.74) is 8.90. The number of H-pyrrole nitrogens is 1. The highest BCUT2D eigenvalue weighted by molar-refractivity contribution is 7.13. The summed E-state index contributed by atoms with van der Waals surface area (Å²) in [7, 11) is 0. The summed E-state index contributed by atoms with van der Waals surface area (Å²) in [6, 6.07) is 5.91. The Morgan fingerprint density at radius 3 is 3.14 bits per heavy atom. The van der Waals surface area contributed by atoms with E-state index in [-0.39, 0.29) is 12.7 Å². The second-order valence-electron chi connectivity index (χ2n) is 7.35. The molecular formula is C20H21N5O3S. The highest BCUT2D eigenvalue weighted by Gasteiger charge is 2.26. The normalized spacial score (nSPS) is 18.8. The van der Waals surface area contributed by atoms with Crippen molar-refractivity contribution in [2.75, 3.05) is 19.9 Å². The molecule has 0 saturated carbocycles. The number of hydrogen-bond acceptors (Lipinski definition) is 7. The Labute approximate surface area is 171 Å². The molecule has 3 aromatic rings. The van der Waals surface area contributed by atoms with Crippen molar-refractivity contribution in [3.8, 4) is 22.1 Å². The zero-order valence-electron chi connectivity index (χ0n) is 15.8. The van der Waals surface area contributed by atoms with Gasteiger partial charge in [-0.25, -0.2) is 4.98 Å². The van der Waals surface area contributed by atoms with Crippen LogP contribution in [0.2, 0.25) is 0 Å². The maximum atomic E-state index is 11.6. The van der Waals surface area contributed by atoms with Crippen molar-refractivity contribution in [2.45, 2.75) is 25.3 Å². The minimum atomic E-state index is -0.432. The smallest absolute Gasteiger partial charge is 0.252 e. The second-order valence-corrected chi connectivity index (χ2v) is 8.21. The van der Waals surface area contributed by atoms with Gasteiger partial charge in [0.1, 0.15) is 5.01 Å². The van der Waals surface area contributed by atoms with E-state index in [2.05, 4.69) is 20.5 Å². The molecule has 8 nitrogen and oxygen atoms in total. The van der Waals surface area contributed by atoms with Crippen LogP contribution in [0.1, 0.15) is 40.5 Å². The molecule has 0 radical (unpaired) electrons. The molecule has 5 rings (SSSR count). The van der Waals surface area contributed by atoms with Crippen molar-refractivity contribution in [3.63, 3.8) is 0 Å². The fourth-order valence-corrected chi connectivity index (χ4v) is 4.82. The van der Waals surface area contributed by atoms with E-state index < -0.39 is 5.91 Å². The molecule has 1 amide bonds. The fraction of sp³-hybridized carbons (Fsp3) is 0.350. The molecule has 1 saturated heterocycles. The number of hydrogen-bond donors (Lipinski definition) is 2. The van der Waals surface area contributed by atoms with E-state index in [0.717, 1.165) is 65.9 Å². The average molecular weight is 411 g/mol. The maximum Gasteiger partial charge on any atom is 0.252 e. The first-order chi connectivity index (χ1) is 14.2. The highest BCUT2D eigenvalue weighted by Crippen LogP contribution is 2.37. The Morgan fingerprint density at radius 1 is 1.34 bits per heavy atom. The van der Waals surface area contributed by atoms with Crippen molar-refractivity contribution >= 4 is 17.2 Å². The van der Waals surface area contributed by atoms with E-state index in [1.165, 1.54) is 6.20 Å². The van der Waals surface area contributed by atoms with Crippen LogP contribution < -0.4 is 15.2 Å². The lowest BCUT2D eigenvalue weighted by Crippen LogP contribution is -2.34. The highest BCUT2D eigenvalue weighted by atomic mass is 32.1. The predicted octanol–water partition coefficient (Wildman–Crippen LogP) is 2.74. The second kappa shape index (κ2) is 7.49. The van der Waals surface area contributed by atoms with Gasteiger partial charge in [-0.3, -0.25) is 14.8 Å². The Morgan fingerprint density at radius 2 is 2.24 bits per heavy atom. The molecule has 2 aliphatic heterocycles. The lowest BCUT2D eigenvalue weighted by molar-refractivity contribution is 0.0997. The number of primary amides is 1. The first-order valence-corrected chi connectivity index (χ1v) is 10.4. The van der Waals surface area contributed by atoms with Crippen molar-refractivity contribution in [1.29, 1.82) is 0 Å². The molecule has 1 fully saturated rings. The van der Waals surface area contributed by atoms with Gasteiger partial charge in [0.2, 0.25) is 6.79 Å². The van der Waals surface area contributed by atoms with Crippen LogP contribution in [-0.4, -0.2) is 45.9 Å². The van der Waals surface area contributed by atoms with Gasteiger partial charge in [-0.05, 0) is 37.6 Å². The van der Waals surface area contributed by atoms with Gasteiger partial charge in [0.25, 0.3) is 5.91 Å². The lowest BCUT2D eigenvalue weighted by atomic mass is 9.92. The predicted molar refractivity (Wildman–Crippen MR) is 108 cm³/mol. The zero-order valence-corrected chi connectivity index (χ0v) is 16.6. The van der Waals surface area contributed by atoms with Crippen molar-refractivity contribution in [3.05, 3.63) is 46.7 Å². The maximum absolute atomic E-state index is 11.6. The van der Waals surface area contributed by atoms with Gasteiger partial charge in [-0.2, -0.15) is 5.10 Å². The molecule has 4 heterocycles. The molecule has 1 atom stereocenters. The van der Waals surface area contributed by atoms with Crippen LogP contribution in [0.5, 0.6) is 11.5 Å². The summed E-state index contributed by atoms with van der Waals surface area (Å²) >= 11 is 1.63. The van der Waals surface area contributed by atoms with Crippen LogP contribution >= 0.6 is 11.3 Å². The molecule has 0 unspecified atom stereocenters. The van der Waals surface area contributed by atoms with E-state index in [1.54, 1.807) is 11.3 Å². The topological polar surface area (TPSA) is 106 Å². The minimum Gasteiger partial charge on any atom is -0.454 e. The summed E-state index contributed by atoms with van der Waals surface area (Å²) in [5.74, 6) is 1.33. The molecule has 3 N–H and O–H groups in total. The quantitative estimate of drug-likeness (QED) is 0.669. The average Bonchev–Trinajstić information content (AvgIpc) is 3.47. The number of ether oxygens (including phenoxy) is 2. The molecular weight excluding hydrogens is 390 g/mol. The first kappa shape index (κ1) is 18.1. The number of nitrogens with zero attached hydrogens (tertiary/aromatic N) is 3. The monoisotopic (exact) mass is 411 g/mol. The number of benzene rings is 1. The number of thiazole rings is 1. The van der Waals surface area contributed by atoms with Gasteiger partial charge in [-0.15, -0.1) is 11.3 Å². The standard InChI is InChI=1S/C20H21N5O3S/c21-19(26)15-7-22-24-18(15)13-2-1-5-25(8-13)9-14-10-29-20(23-14)12-3-4-16-17(6-12)28-11-27-16/h3-4,6-7,10,13H,1-2,5,8-9,11H2,(H2,21,26)(H,22,24)/t13-/m0/s1. The third-order valence-electron chi connectivity index (χ3n) is 5.40. The number of aromatic amines is 1. The van der Waals surface area contributed by atoms with Crippen molar-refractivity contribution < 1.29 is 14.3 Å². The van der Waals surface area contributed by atoms with E-state index in [9.17, 15) is 4.79 Å². The summed E-state index contributed by atoms with van der Waals surface area (Å²) in [5, 5.41) is 10.1. The van der Waals surface area contributed by atoms with Crippen LogP contribution in [0.15, 0.2) is 29.8 Å². The number of likely N-dealkylation sites (tertiary alicyclic amines) is 1. The van der Waals surface area contributed by atoms with Crippen molar-refractivity contribution in [2.24, 2.45) is 5.73 Å². The number of piperidine rings is 1. The minimum absolute atomic E-state index is 0.223. The zero-order chi connectivity index (χ0) is 19.8. The number of carbonyl (C=O) groups excluding carboxylic acids is 1. The third-order valence-corrected chi connectivity index (χ3v) is 6.35. The van der Waals surface area contributed by atoms with Crippen molar-refractivity contribution in [1.82, 2.24) is 20.1 Å². The number of amides is 1. The fourth-order valence-electron chi connectivity index (χ4n) is 4.01. The summed E-state index contributed by atoms with van der Waals surface area (Å²) in [4.78, 5) is 18.8. The number of nitrogens with one attached hydrogen (secondary N) is 1. The van der Waals surface area contributed by atoms with Crippen LogP contribution in [0.25, 0.3) is 10.6 Å². The van der Waals surface area contributed by atoms with Crippen LogP contribution in [0.3, 0.4) is 0 Å². The molecule has 2 aliphatic rings. The number of carbonyl (C=O) groups is 1. The summed E-state index contributed by atoms with van der Waals surface area (Å²) in [6.45, 7) is 2.90. The SMILES string of the molecule is NC(=O)c1cn[nH]c1[C@H]1CCCN(Cc2csc(-c3ccc4c(c3)OCO4)n2)C1. The van der Waals surface area contributed by atoms with Crippen LogP contribution in [0, 0.1) is 0 Å². The molecule has 9 heteroatoms. The van der Waals surface area contributed by atoms with Gasteiger partial charge >= 0.3 is 0 Å². The molecule has 150 valence electrons. The van der Waals surface area contributed by atoms with Gasteiger partial charge in [0.15, 0.2) is 11.5 Å². The molecule has 2 aromatic heterocycles. The number of rotatable bonds is 5. The molecule has 0 aliphatic carbocycles. The largest absolute Gasteiger partial charge is 0.454 e. The number of aromatic nitrogens is 3.